The summed E-state index contributed by atoms with van der Waals surface area (Å²) in [6.07, 6.45) is 5.40. The Balaban J connectivity index is 0.00000392. The SMILES string of the molecule is CCNC(=NCC(=O)N(C)CCc1ccccn1)NCc1ncc(CC)s1.I. The molecular weight excluding hydrogens is 487 g/mol. The number of thiazole rings is 1. The van der Waals surface area contributed by atoms with Gasteiger partial charge in [0.15, 0.2) is 5.96 Å². The van der Waals surface area contributed by atoms with Gasteiger partial charge in [0.05, 0.1) is 6.54 Å². The minimum absolute atomic E-state index is 0. The maximum absolute atomic E-state index is 12.3. The molecule has 0 aliphatic rings. The molecule has 0 saturated carbocycles. The summed E-state index contributed by atoms with van der Waals surface area (Å²) >= 11 is 1.69. The van der Waals surface area contributed by atoms with Crippen LogP contribution in [0.4, 0.5) is 0 Å². The van der Waals surface area contributed by atoms with E-state index >= 15 is 0 Å². The van der Waals surface area contributed by atoms with Crippen molar-refractivity contribution in [3.05, 3.63) is 46.2 Å². The fourth-order valence-electron chi connectivity index (χ4n) is 2.31. The van der Waals surface area contributed by atoms with Crippen molar-refractivity contribution in [3.63, 3.8) is 0 Å². The highest BCUT2D eigenvalue weighted by atomic mass is 127. The van der Waals surface area contributed by atoms with Gasteiger partial charge in [-0.05, 0) is 25.5 Å². The molecular formula is C19H29IN6OS. The summed E-state index contributed by atoms with van der Waals surface area (Å²) in [5, 5.41) is 7.40. The van der Waals surface area contributed by atoms with Crippen molar-refractivity contribution in [1.29, 1.82) is 0 Å². The molecule has 0 aliphatic heterocycles. The Morgan fingerprint density at radius 1 is 1.25 bits per heavy atom. The third-order valence-corrected chi connectivity index (χ3v) is 5.07. The first-order valence-corrected chi connectivity index (χ1v) is 10.0. The first-order chi connectivity index (χ1) is 13.1. The number of likely N-dealkylation sites (N-methyl/N-ethyl adjacent to an activating group) is 1. The fraction of sp³-hybridized carbons (Fsp3) is 0.474. The Hall–Kier alpha value is -1.75. The van der Waals surface area contributed by atoms with E-state index in [1.54, 1.807) is 29.5 Å². The topological polar surface area (TPSA) is 82.5 Å². The maximum Gasteiger partial charge on any atom is 0.244 e. The first kappa shape index (κ1) is 24.3. The quantitative estimate of drug-likeness (QED) is 0.304. The van der Waals surface area contributed by atoms with Gasteiger partial charge in [-0.2, -0.15) is 0 Å². The highest BCUT2D eigenvalue weighted by Crippen LogP contribution is 2.12. The lowest BCUT2D eigenvalue weighted by Crippen LogP contribution is -2.38. The Bertz CT molecular complexity index is 737. The minimum atomic E-state index is -0.0225. The number of pyridine rings is 1. The lowest BCUT2D eigenvalue weighted by molar-refractivity contribution is -0.128. The molecule has 1 amide bonds. The third-order valence-electron chi connectivity index (χ3n) is 3.93. The molecule has 7 nitrogen and oxygen atoms in total. The number of guanidine groups is 1. The summed E-state index contributed by atoms with van der Waals surface area (Å²) < 4.78 is 0. The number of aliphatic imine (C=N–C) groups is 1. The second-order valence-electron chi connectivity index (χ2n) is 6.01. The largest absolute Gasteiger partial charge is 0.357 e. The fourth-order valence-corrected chi connectivity index (χ4v) is 3.12. The second kappa shape index (κ2) is 13.4. The Morgan fingerprint density at radius 3 is 2.71 bits per heavy atom. The van der Waals surface area contributed by atoms with Crippen molar-refractivity contribution < 1.29 is 4.79 Å². The Labute approximate surface area is 188 Å². The molecule has 2 heterocycles. The van der Waals surface area contributed by atoms with Gasteiger partial charge < -0.3 is 15.5 Å². The van der Waals surface area contributed by atoms with Crippen molar-refractivity contribution in [2.75, 3.05) is 26.7 Å². The van der Waals surface area contributed by atoms with Gasteiger partial charge in [0.25, 0.3) is 0 Å². The van der Waals surface area contributed by atoms with Crippen LogP contribution in [0, 0.1) is 0 Å². The van der Waals surface area contributed by atoms with E-state index in [1.165, 1.54) is 4.88 Å². The van der Waals surface area contributed by atoms with Gasteiger partial charge in [0.1, 0.15) is 11.6 Å². The summed E-state index contributed by atoms with van der Waals surface area (Å²) in [4.78, 5) is 28.3. The zero-order chi connectivity index (χ0) is 19.5. The van der Waals surface area contributed by atoms with Crippen molar-refractivity contribution in [3.8, 4) is 0 Å². The number of aromatic nitrogens is 2. The van der Waals surface area contributed by atoms with Gasteiger partial charge in [0.2, 0.25) is 5.91 Å². The van der Waals surface area contributed by atoms with Gasteiger partial charge in [-0.1, -0.05) is 13.0 Å². The van der Waals surface area contributed by atoms with E-state index in [9.17, 15) is 4.79 Å². The van der Waals surface area contributed by atoms with Crippen molar-refractivity contribution >= 4 is 47.2 Å². The molecule has 9 heteroatoms. The molecule has 0 unspecified atom stereocenters. The molecule has 2 N–H and O–H groups in total. The molecule has 0 bridgehead atoms. The summed E-state index contributed by atoms with van der Waals surface area (Å²) in [7, 11) is 1.79. The molecule has 0 atom stereocenters. The predicted octanol–water partition coefficient (Wildman–Crippen LogP) is 2.47. The van der Waals surface area contributed by atoms with Crippen LogP contribution in [0.3, 0.4) is 0 Å². The van der Waals surface area contributed by atoms with Crippen molar-refractivity contribution in [1.82, 2.24) is 25.5 Å². The van der Waals surface area contributed by atoms with Crippen LogP contribution in [0.25, 0.3) is 0 Å². The van der Waals surface area contributed by atoms with Crippen LogP contribution < -0.4 is 10.6 Å². The Morgan fingerprint density at radius 2 is 2.07 bits per heavy atom. The number of amides is 1. The number of nitrogens with one attached hydrogen (secondary N) is 2. The van der Waals surface area contributed by atoms with E-state index in [2.05, 4.69) is 32.5 Å². The van der Waals surface area contributed by atoms with E-state index in [-0.39, 0.29) is 36.4 Å². The minimum Gasteiger partial charge on any atom is -0.357 e. The maximum atomic E-state index is 12.3. The molecule has 0 fully saturated rings. The first-order valence-electron chi connectivity index (χ1n) is 9.22. The molecule has 28 heavy (non-hydrogen) atoms. The van der Waals surface area contributed by atoms with Crippen LogP contribution in [0.1, 0.15) is 29.4 Å². The van der Waals surface area contributed by atoms with Crippen LogP contribution in [-0.4, -0.2) is 53.4 Å². The number of hydrogen-bond acceptors (Lipinski definition) is 5. The molecule has 0 saturated heterocycles. The van der Waals surface area contributed by atoms with Crippen molar-refractivity contribution in [2.45, 2.75) is 33.2 Å². The smallest absolute Gasteiger partial charge is 0.244 e. The van der Waals surface area contributed by atoms with Crippen LogP contribution in [0.15, 0.2) is 35.6 Å². The van der Waals surface area contributed by atoms with Gasteiger partial charge in [-0.3, -0.25) is 9.78 Å². The highest BCUT2D eigenvalue weighted by Gasteiger charge is 2.09. The number of carbonyl (C=O) groups is 1. The number of rotatable bonds is 9. The molecule has 2 aromatic heterocycles. The summed E-state index contributed by atoms with van der Waals surface area (Å²) in [6.45, 7) is 6.16. The standard InChI is InChI=1S/C19H28N6OS.HI/c1-4-16-12-22-17(27-16)13-23-19(20-5-2)24-14-18(26)25(3)11-9-15-8-6-7-10-21-15;/h6-8,10,12H,4-5,9,11,13-14H2,1-3H3,(H2,20,23,24);1H. The zero-order valence-electron chi connectivity index (χ0n) is 16.6. The summed E-state index contributed by atoms with van der Waals surface area (Å²) in [5.74, 6) is 0.600. The van der Waals surface area contributed by atoms with Crippen molar-refractivity contribution in [2.24, 2.45) is 4.99 Å². The number of aryl methyl sites for hydroxylation is 1. The highest BCUT2D eigenvalue weighted by molar-refractivity contribution is 14.0. The van der Waals surface area contributed by atoms with Crippen LogP contribution in [0.5, 0.6) is 0 Å². The molecule has 2 rings (SSSR count). The third kappa shape index (κ3) is 8.51. The lowest BCUT2D eigenvalue weighted by Gasteiger charge is -2.16. The van der Waals surface area contributed by atoms with E-state index in [4.69, 9.17) is 0 Å². The Kier molecular flexibility index (Phi) is 11.7. The average Bonchev–Trinajstić information content (AvgIpc) is 3.17. The van der Waals surface area contributed by atoms with Crippen LogP contribution >= 0.6 is 35.3 Å². The van der Waals surface area contributed by atoms with E-state index < -0.39 is 0 Å². The molecule has 154 valence electrons. The van der Waals surface area contributed by atoms with Gasteiger partial charge in [-0.15, -0.1) is 35.3 Å². The van der Waals surface area contributed by atoms with Crippen LogP contribution in [0.2, 0.25) is 0 Å². The summed E-state index contributed by atoms with van der Waals surface area (Å²) in [6, 6.07) is 5.80. The number of halogens is 1. The summed E-state index contributed by atoms with van der Waals surface area (Å²) in [5.41, 5.74) is 0.977. The molecule has 0 aromatic carbocycles. The van der Waals surface area contributed by atoms with Gasteiger partial charge >= 0.3 is 0 Å². The van der Waals surface area contributed by atoms with Gasteiger partial charge in [0, 0.05) is 49.5 Å². The van der Waals surface area contributed by atoms with E-state index in [0.29, 0.717) is 19.0 Å². The van der Waals surface area contributed by atoms with E-state index in [0.717, 1.165) is 30.1 Å². The monoisotopic (exact) mass is 516 g/mol. The number of nitrogens with zero attached hydrogens (tertiary/aromatic N) is 4. The molecule has 0 aliphatic carbocycles. The van der Waals surface area contributed by atoms with E-state index in [1.807, 2.05) is 31.3 Å². The second-order valence-corrected chi connectivity index (χ2v) is 7.21. The predicted molar refractivity (Wildman–Crippen MR) is 125 cm³/mol. The molecule has 0 radical (unpaired) electrons. The number of hydrogen-bond donors (Lipinski definition) is 2. The number of carbonyl (C=O) groups excluding carboxylic acids is 1. The zero-order valence-corrected chi connectivity index (χ0v) is 19.8. The lowest BCUT2D eigenvalue weighted by atomic mass is 10.2. The normalized spacial score (nSPS) is 10.9. The average molecular weight is 516 g/mol. The van der Waals surface area contributed by atoms with Crippen LogP contribution in [-0.2, 0) is 24.2 Å². The molecule has 2 aromatic rings. The molecule has 0 spiro atoms. The van der Waals surface area contributed by atoms with Gasteiger partial charge in [-0.25, -0.2) is 9.98 Å².